The second kappa shape index (κ2) is 14.8. The number of carbonyl (C=O) groups is 3. The number of allylic oxidation sites excluding steroid dienone is 2. The third kappa shape index (κ3) is 9.66. The monoisotopic (exact) mass is 492 g/mol. The molecule has 3 rings (SSSR count). The van der Waals surface area contributed by atoms with E-state index in [0.29, 0.717) is 38.5 Å². The lowest BCUT2D eigenvalue weighted by atomic mass is 9.97. The number of nitrogens with one attached hydrogen (secondary N) is 2. The highest BCUT2D eigenvalue weighted by Crippen LogP contribution is 2.15. The maximum atomic E-state index is 13.3. The van der Waals surface area contributed by atoms with Gasteiger partial charge < -0.3 is 20.5 Å². The zero-order valence-electron chi connectivity index (χ0n) is 20.6. The number of cyclic esters (lactones) is 1. The Balaban J connectivity index is 1.67. The van der Waals surface area contributed by atoms with Crippen LogP contribution in [-0.2, 0) is 32.0 Å². The van der Waals surface area contributed by atoms with Crippen LogP contribution < -0.4 is 10.6 Å². The van der Waals surface area contributed by atoms with Gasteiger partial charge in [-0.15, -0.1) is 0 Å². The molecule has 2 aromatic carbocycles. The Labute approximate surface area is 212 Å². The standard InChI is InChI=1S/C29H36N2O5/c32-20-25(17-22-11-5-3-6-12-22)30-27(33)19-24-15-9-1-2-10-16-28(34)36-21-26(31-29(24)35)18-23-13-7-4-8-14-23/h1,3-9,11-14,24-26,32H,2,10,15-21H2,(H,30,33)(H,31,35)/t24-,25+,26+/m1/s1. The summed E-state index contributed by atoms with van der Waals surface area (Å²) in [6, 6.07) is 18.5. The van der Waals surface area contributed by atoms with Crippen LogP contribution >= 0.6 is 0 Å². The Kier molecular flexibility index (Phi) is 11.2. The SMILES string of the molecule is O=C(C[C@H]1CC=CCCCC(=O)OC[C@H](Cc2ccccc2)NC1=O)N[C@H](CO)Cc1ccccc1. The molecule has 3 N–H and O–H groups in total. The zero-order valence-corrected chi connectivity index (χ0v) is 20.6. The summed E-state index contributed by atoms with van der Waals surface area (Å²) in [6.45, 7) is -0.114. The third-order valence-corrected chi connectivity index (χ3v) is 6.17. The molecular weight excluding hydrogens is 456 g/mol. The van der Waals surface area contributed by atoms with Crippen molar-refractivity contribution in [1.29, 1.82) is 0 Å². The molecule has 0 saturated heterocycles. The molecule has 1 aliphatic heterocycles. The smallest absolute Gasteiger partial charge is 0.305 e. The number of hydrogen-bond acceptors (Lipinski definition) is 5. The van der Waals surface area contributed by atoms with E-state index in [4.69, 9.17) is 4.74 Å². The van der Waals surface area contributed by atoms with Gasteiger partial charge in [0.1, 0.15) is 6.61 Å². The first-order valence-electron chi connectivity index (χ1n) is 12.6. The Bertz CT molecular complexity index is 993. The van der Waals surface area contributed by atoms with E-state index in [0.717, 1.165) is 11.1 Å². The highest BCUT2D eigenvalue weighted by Gasteiger charge is 2.25. The number of aliphatic hydroxyl groups is 1. The van der Waals surface area contributed by atoms with Crippen LogP contribution in [0.5, 0.6) is 0 Å². The van der Waals surface area contributed by atoms with E-state index in [2.05, 4.69) is 10.6 Å². The first-order chi connectivity index (χ1) is 17.5. The van der Waals surface area contributed by atoms with E-state index in [-0.39, 0.29) is 37.4 Å². The molecule has 7 nitrogen and oxygen atoms in total. The lowest BCUT2D eigenvalue weighted by molar-refractivity contribution is -0.145. The number of rotatable bonds is 8. The summed E-state index contributed by atoms with van der Waals surface area (Å²) in [5.41, 5.74) is 2.03. The predicted octanol–water partition coefficient (Wildman–Crippen LogP) is 3.11. The number of aliphatic hydroxyl groups excluding tert-OH is 1. The van der Waals surface area contributed by atoms with Crippen molar-refractivity contribution in [2.75, 3.05) is 13.2 Å². The van der Waals surface area contributed by atoms with Gasteiger partial charge in [0.15, 0.2) is 0 Å². The van der Waals surface area contributed by atoms with Crippen molar-refractivity contribution in [2.24, 2.45) is 5.92 Å². The first kappa shape index (κ1) is 27.1. The van der Waals surface area contributed by atoms with Crippen molar-refractivity contribution in [3.05, 3.63) is 83.9 Å². The fourth-order valence-electron chi connectivity index (χ4n) is 4.23. The molecule has 0 fully saturated rings. The van der Waals surface area contributed by atoms with Crippen molar-refractivity contribution in [2.45, 2.75) is 57.0 Å². The number of amides is 2. The molecule has 3 atom stereocenters. The van der Waals surface area contributed by atoms with Crippen molar-refractivity contribution < 1.29 is 24.2 Å². The molecule has 0 saturated carbocycles. The van der Waals surface area contributed by atoms with Gasteiger partial charge in [0.25, 0.3) is 0 Å². The summed E-state index contributed by atoms with van der Waals surface area (Å²) in [5, 5.41) is 15.7. The Morgan fingerprint density at radius 1 is 1.03 bits per heavy atom. The largest absolute Gasteiger partial charge is 0.463 e. The molecule has 7 heteroatoms. The van der Waals surface area contributed by atoms with E-state index in [1.54, 1.807) is 0 Å². The quantitative estimate of drug-likeness (QED) is 0.388. The lowest BCUT2D eigenvalue weighted by Crippen LogP contribution is -2.45. The normalized spacial score (nSPS) is 20.1. The van der Waals surface area contributed by atoms with Crippen LogP contribution in [0.1, 0.15) is 43.2 Å². The van der Waals surface area contributed by atoms with Gasteiger partial charge in [0.05, 0.1) is 24.6 Å². The molecular formula is C29H36N2O5. The number of carbonyl (C=O) groups excluding carboxylic acids is 3. The molecule has 0 unspecified atom stereocenters. The fraction of sp³-hybridized carbons (Fsp3) is 0.414. The minimum absolute atomic E-state index is 0.000687. The van der Waals surface area contributed by atoms with Crippen LogP contribution in [0, 0.1) is 5.92 Å². The molecule has 0 bridgehead atoms. The van der Waals surface area contributed by atoms with Crippen LogP contribution in [0.25, 0.3) is 0 Å². The summed E-state index contributed by atoms with van der Waals surface area (Å²) in [6.07, 6.45) is 6.97. The first-order valence-corrected chi connectivity index (χ1v) is 12.6. The van der Waals surface area contributed by atoms with Crippen molar-refractivity contribution in [3.63, 3.8) is 0 Å². The molecule has 1 heterocycles. The maximum Gasteiger partial charge on any atom is 0.305 e. The summed E-state index contributed by atoms with van der Waals surface area (Å²) >= 11 is 0. The molecule has 0 radical (unpaired) electrons. The van der Waals surface area contributed by atoms with Crippen LogP contribution in [0.2, 0.25) is 0 Å². The highest BCUT2D eigenvalue weighted by atomic mass is 16.5. The summed E-state index contributed by atoms with van der Waals surface area (Å²) in [7, 11) is 0. The van der Waals surface area contributed by atoms with Gasteiger partial charge in [0.2, 0.25) is 11.8 Å². The van der Waals surface area contributed by atoms with Crippen LogP contribution in [0.15, 0.2) is 72.8 Å². The van der Waals surface area contributed by atoms with Gasteiger partial charge in [0, 0.05) is 12.8 Å². The molecule has 0 aliphatic carbocycles. The maximum absolute atomic E-state index is 13.3. The van der Waals surface area contributed by atoms with E-state index < -0.39 is 18.0 Å². The average Bonchev–Trinajstić information content (AvgIpc) is 2.89. The van der Waals surface area contributed by atoms with E-state index in [1.807, 2.05) is 72.8 Å². The summed E-state index contributed by atoms with van der Waals surface area (Å²) < 4.78 is 5.44. The van der Waals surface area contributed by atoms with Crippen molar-refractivity contribution in [1.82, 2.24) is 10.6 Å². The van der Waals surface area contributed by atoms with Gasteiger partial charge in [-0.3, -0.25) is 14.4 Å². The molecule has 36 heavy (non-hydrogen) atoms. The summed E-state index contributed by atoms with van der Waals surface area (Å²) in [5.74, 6) is -1.39. The third-order valence-electron chi connectivity index (χ3n) is 6.17. The Morgan fingerprint density at radius 2 is 1.72 bits per heavy atom. The van der Waals surface area contributed by atoms with Gasteiger partial charge in [-0.25, -0.2) is 0 Å². The molecule has 0 spiro atoms. The van der Waals surface area contributed by atoms with Crippen LogP contribution in [-0.4, -0.2) is 48.2 Å². The van der Waals surface area contributed by atoms with Crippen molar-refractivity contribution >= 4 is 17.8 Å². The minimum atomic E-state index is -0.577. The number of esters is 1. The second-order valence-electron chi connectivity index (χ2n) is 9.22. The highest BCUT2D eigenvalue weighted by molar-refractivity contribution is 5.86. The molecule has 2 aromatic rings. The average molecular weight is 493 g/mol. The van der Waals surface area contributed by atoms with Gasteiger partial charge >= 0.3 is 5.97 Å². The Morgan fingerprint density at radius 3 is 2.42 bits per heavy atom. The van der Waals surface area contributed by atoms with Crippen LogP contribution in [0.3, 0.4) is 0 Å². The van der Waals surface area contributed by atoms with Gasteiger partial charge in [-0.2, -0.15) is 0 Å². The molecule has 0 aromatic heterocycles. The topological polar surface area (TPSA) is 105 Å². The number of benzene rings is 2. The van der Waals surface area contributed by atoms with E-state index >= 15 is 0 Å². The minimum Gasteiger partial charge on any atom is -0.463 e. The molecule has 192 valence electrons. The number of ether oxygens (including phenoxy) is 1. The second-order valence-corrected chi connectivity index (χ2v) is 9.22. The fourth-order valence-corrected chi connectivity index (χ4v) is 4.23. The van der Waals surface area contributed by atoms with Gasteiger partial charge in [-0.05, 0) is 43.2 Å². The Hall–Kier alpha value is -3.45. The van der Waals surface area contributed by atoms with E-state index in [9.17, 15) is 19.5 Å². The predicted molar refractivity (Wildman–Crippen MR) is 138 cm³/mol. The lowest BCUT2D eigenvalue weighted by Gasteiger charge is -2.23. The van der Waals surface area contributed by atoms with Crippen molar-refractivity contribution in [3.8, 4) is 0 Å². The number of hydrogen-bond donors (Lipinski definition) is 3. The molecule has 2 amide bonds. The van der Waals surface area contributed by atoms with Gasteiger partial charge in [-0.1, -0.05) is 72.8 Å². The zero-order chi connectivity index (χ0) is 25.6. The van der Waals surface area contributed by atoms with E-state index in [1.165, 1.54) is 0 Å². The van der Waals surface area contributed by atoms with Crippen LogP contribution in [0.4, 0.5) is 0 Å². The summed E-state index contributed by atoms with van der Waals surface area (Å²) in [4.78, 5) is 38.2. The molecule has 1 aliphatic rings.